The Kier molecular flexibility index (Phi) is 3.36. The first-order valence-corrected chi connectivity index (χ1v) is 5.86. The Balaban J connectivity index is 2.41. The van der Waals surface area contributed by atoms with Gasteiger partial charge in [0.15, 0.2) is 6.40 Å². The summed E-state index contributed by atoms with van der Waals surface area (Å²) in [6.07, 6.45) is 1.37. The van der Waals surface area contributed by atoms with E-state index in [0.717, 1.165) is 10.3 Å². The van der Waals surface area contributed by atoms with Gasteiger partial charge in [0.2, 0.25) is 4.80 Å². The summed E-state index contributed by atoms with van der Waals surface area (Å²) >= 11 is 1.61. The molecule has 0 radical (unpaired) electrons. The second-order valence-electron chi connectivity index (χ2n) is 3.19. The molecule has 0 aliphatic rings. The zero-order chi connectivity index (χ0) is 11.4. The van der Waals surface area contributed by atoms with Crippen molar-refractivity contribution in [3.05, 3.63) is 29.1 Å². The summed E-state index contributed by atoms with van der Waals surface area (Å²) in [4.78, 5) is 0.858. The number of ether oxygens (including phenoxy) is 1. The maximum Gasteiger partial charge on any atom is 0.211 e. The SMILES string of the molecule is CCO/C=N/N=c1\sc2ccccc2n1C. The maximum atomic E-state index is 4.98. The minimum atomic E-state index is 0.609. The molecule has 0 fully saturated rings. The summed E-state index contributed by atoms with van der Waals surface area (Å²) in [6.45, 7) is 2.52. The number of fused-ring (bicyclic) bond motifs is 1. The molecule has 0 amide bonds. The maximum absolute atomic E-state index is 4.98. The number of hydrogen-bond acceptors (Lipinski definition) is 4. The normalized spacial score (nSPS) is 12.8. The molecule has 0 saturated heterocycles. The summed E-state index contributed by atoms with van der Waals surface area (Å²) in [6, 6.07) is 8.18. The van der Waals surface area contributed by atoms with Crippen LogP contribution in [-0.4, -0.2) is 17.6 Å². The number of aromatic nitrogens is 1. The predicted octanol–water partition coefficient (Wildman–Crippen LogP) is 2.12. The number of thiazole rings is 1. The van der Waals surface area contributed by atoms with Crippen LogP contribution >= 0.6 is 11.3 Å². The number of hydrogen-bond donors (Lipinski definition) is 0. The highest BCUT2D eigenvalue weighted by atomic mass is 32.1. The van der Waals surface area contributed by atoms with Gasteiger partial charge in [0.05, 0.1) is 16.8 Å². The van der Waals surface area contributed by atoms with E-state index in [2.05, 4.69) is 22.3 Å². The molecular formula is C11H13N3OS. The first-order valence-electron chi connectivity index (χ1n) is 5.04. The van der Waals surface area contributed by atoms with Crippen molar-refractivity contribution >= 4 is 28.0 Å². The van der Waals surface area contributed by atoms with Gasteiger partial charge in [-0.15, -0.1) is 10.2 Å². The van der Waals surface area contributed by atoms with Crippen LogP contribution in [-0.2, 0) is 11.8 Å². The standard InChI is InChI=1S/C11H13N3OS/c1-3-15-8-12-13-11-14(2)9-6-4-5-7-10(9)16-11/h4-8H,3H2,1-2H3/b12-8+,13-11-. The van der Waals surface area contributed by atoms with Crippen LogP contribution in [0.2, 0.25) is 0 Å². The van der Waals surface area contributed by atoms with E-state index in [1.807, 2.05) is 30.7 Å². The Labute approximate surface area is 97.5 Å². The van der Waals surface area contributed by atoms with Crippen molar-refractivity contribution in [2.75, 3.05) is 6.61 Å². The molecule has 0 aliphatic carbocycles. The third kappa shape index (κ3) is 2.14. The van der Waals surface area contributed by atoms with Crippen LogP contribution < -0.4 is 4.80 Å². The van der Waals surface area contributed by atoms with E-state index in [4.69, 9.17) is 4.74 Å². The van der Waals surface area contributed by atoms with Gasteiger partial charge in [0, 0.05) is 7.05 Å². The van der Waals surface area contributed by atoms with Crippen molar-refractivity contribution in [2.45, 2.75) is 6.92 Å². The first kappa shape index (κ1) is 10.9. The number of rotatable bonds is 3. The number of benzene rings is 1. The van der Waals surface area contributed by atoms with E-state index in [1.54, 1.807) is 11.3 Å². The molecule has 4 nitrogen and oxygen atoms in total. The summed E-state index contributed by atoms with van der Waals surface area (Å²) < 4.78 is 8.20. The molecule has 0 N–H and O–H groups in total. The molecule has 1 heterocycles. The van der Waals surface area contributed by atoms with Crippen LogP contribution in [0.15, 0.2) is 34.5 Å². The van der Waals surface area contributed by atoms with E-state index in [-0.39, 0.29) is 0 Å². The highest BCUT2D eigenvalue weighted by Crippen LogP contribution is 2.14. The van der Waals surface area contributed by atoms with Gasteiger partial charge in [-0.2, -0.15) is 0 Å². The molecule has 1 aromatic heterocycles. The number of aryl methyl sites for hydroxylation is 1. The highest BCUT2D eigenvalue weighted by Gasteiger charge is 1.99. The Morgan fingerprint density at radius 2 is 2.25 bits per heavy atom. The molecule has 0 bridgehead atoms. The third-order valence-corrected chi connectivity index (χ3v) is 3.25. The number of nitrogens with zero attached hydrogens (tertiary/aromatic N) is 3. The van der Waals surface area contributed by atoms with Gasteiger partial charge in [-0.25, -0.2) is 0 Å². The molecule has 0 saturated carbocycles. The van der Waals surface area contributed by atoms with E-state index in [9.17, 15) is 0 Å². The van der Waals surface area contributed by atoms with Crippen LogP contribution in [0.5, 0.6) is 0 Å². The molecule has 0 aliphatic heterocycles. The lowest BCUT2D eigenvalue weighted by molar-refractivity contribution is 0.342. The third-order valence-electron chi connectivity index (χ3n) is 2.15. The van der Waals surface area contributed by atoms with Crippen LogP contribution in [0.4, 0.5) is 0 Å². The molecule has 16 heavy (non-hydrogen) atoms. The fourth-order valence-electron chi connectivity index (χ4n) is 1.36. The molecular weight excluding hydrogens is 222 g/mol. The van der Waals surface area contributed by atoms with Crippen LogP contribution in [0.25, 0.3) is 10.2 Å². The minimum Gasteiger partial charge on any atom is -0.482 e. The molecule has 5 heteroatoms. The summed E-state index contributed by atoms with van der Waals surface area (Å²) in [5, 5.41) is 7.96. The summed E-state index contributed by atoms with van der Waals surface area (Å²) in [7, 11) is 1.98. The summed E-state index contributed by atoms with van der Waals surface area (Å²) in [5.74, 6) is 0. The molecule has 0 atom stereocenters. The van der Waals surface area contributed by atoms with E-state index in [1.165, 1.54) is 11.1 Å². The van der Waals surface area contributed by atoms with Gasteiger partial charge in [-0.05, 0) is 19.1 Å². The quantitative estimate of drug-likeness (QED) is 0.456. The smallest absolute Gasteiger partial charge is 0.211 e. The second kappa shape index (κ2) is 4.94. The largest absolute Gasteiger partial charge is 0.482 e. The van der Waals surface area contributed by atoms with Crippen molar-refractivity contribution < 1.29 is 4.74 Å². The van der Waals surface area contributed by atoms with E-state index >= 15 is 0 Å². The molecule has 84 valence electrons. The lowest BCUT2D eigenvalue weighted by Gasteiger charge is -1.92. The van der Waals surface area contributed by atoms with Crippen molar-refractivity contribution in [2.24, 2.45) is 17.3 Å². The van der Waals surface area contributed by atoms with Crippen LogP contribution in [0.1, 0.15) is 6.92 Å². The zero-order valence-electron chi connectivity index (χ0n) is 9.25. The topological polar surface area (TPSA) is 38.9 Å². The van der Waals surface area contributed by atoms with Crippen molar-refractivity contribution in [3.8, 4) is 0 Å². The minimum absolute atomic E-state index is 0.609. The Hall–Kier alpha value is -1.62. The lowest BCUT2D eigenvalue weighted by atomic mass is 10.3. The van der Waals surface area contributed by atoms with Gasteiger partial charge >= 0.3 is 0 Å². The average Bonchev–Trinajstić information content (AvgIpc) is 2.63. The predicted molar refractivity (Wildman–Crippen MR) is 66.5 cm³/mol. The Bertz CT molecular complexity index is 568. The van der Waals surface area contributed by atoms with Gasteiger partial charge in [0.1, 0.15) is 0 Å². The monoisotopic (exact) mass is 235 g/mol. The lowest BCUT2D eigenvalue weighted by Crippen LogP contribution is -2.08. The van der Waals surface area contributed by atoms with Gasteiger partial charge in [-0.1, -0.05) is 23.5 Å². The van der Waals surface area contributed by atoms with Crippen molar-refractivity contribution in [3.63, 3.8) is 0 Å². The van der Waals surface area contributed by atoms with E-state index < -0.39 is 0 Å². The molecule has 1 aromatic carbocycles. The fraction of sp³-hybridized carbons (Fsp3) is 0.273. The molecule has 2 rings (SSSR count). The second-order valence-corrected chi connectivity index (χ2v) is 4.20. The van der Waals surface area contributed by atoms with Gasteiger partial charge in [-0.3, -0.25) is 0 Å². The van der Waals surface area contributed by atoms with E-state index in [0.29, 0.717) is 6.61 Å². The molecule has 0 unspecified atom stereocenters. The zero-order valence-corrected chi connectivity index (χ0v) is 10.1. The van der Waals surface area contributed by atoms with Crippen molar-refractivity contribution in [1.29, 1.82) is 0 Å². The number of para-hydroxylation sites is 1. The average molecular weight is 235 g/mol. The van der Waals surface area contributed by atoms with Gasteiger partial charge in [0.25, 0.3) is 0 Å². The van der Waals surface area contributed by atoms with Crippen molar-refractivity contribution in [1.82, 2.24) is 4.57 Å². The Morgan fingerprint density at radius 1 is 1.44 bits per heavy atom. The highest BCUT2D eigenvalue weighted by molar-refractivity contribution is 7.16. The van der Waals surface area contributed by atoms with Crippen LogP contribution in [0, 0.1) is 0 Å². The Morgan fingerprint density at radius 3 is 3.00 bits per heavy atom. The fourth-order valence-corrected chi connectivity index (χ4v) is 2.33. The van der Waals surface area contributed by atoms with Crippen LogP contribution in [0.3, 0.4) is 0 Å². The van der Waals surface area contributed by atoms with Gasteiger partial charge < -0.3 is 9.30 Å². The molecule has 2 aromatic rings. The summed E-state index contributed by atoms with van der Waals surface area (Å²) in [5.41, 5.74) is 1.16. The first-order chi connectivity index (χ1) is 7.83. The molecule has 0 spiro atoms.